The van der Waals surface area contributed by atoms with Crippen LogP contribution in [0.3, 0.4) is 0 Å². The Morgan fingerprint density at radius 1 is 1.53 bits per heavy atom. The van der Waals surface area contributed by atoms with Crippen molar-refractivity contribution in [3.05, 3.63) is 28.8 Å². The summed E-state index contributed by atoms with van der Waals surface area (Å²) in [4.78, 5) is 4.39. The highest BCUT2D eigenvalue weighted by atomic mass is 35.5. The van der Waals surface area contributed by atoms with Crippen LogP contribution >= 0.6 is 23.4 Å². The summed E-state index contributed by atoms with van der Waals surface area (Å²) in [6, 6.07) is 5.98. The lowest BCUT2D eigenvalue weighted by Gasteiger charge is -2.08. The van der Waals surface area contributed by atoms with Crippen molar-refractivity contribution >= 4 is 34.2 Å². The third-order valence-corrected chi connectivity index (χ3v) is 3.49. The van der Waals surface area contributed by atoms with Gasteiger partial charge in [-0.3, -0.25) is 4.99 Å². The molecule has 1 atom stereocenters. The Bertz CT molecular complexity index is 404. The van der Waals surface area contributed by atoms with E-state index in [9.17, 15) is 0 Å². The summed E-state index contributed by atoms with van der Waals surface area (Å²) < 4.78 is 0. The molecule has 0 amide bonds. The number of benzene rings is 1. The number of nitrogens with zero attached hydrogens (tertiary/aromatic N) is 1. The van der Waals surface area contributed by atoms with Crippen molar-refractivity contribution < 1.29 is 0 Å². The number of anilines is 1. The Morgan fingerprint density at radius 2 is 2.33 bits per heavy atom. The summed E-state index contributed by atoms with van der Waals surface area (Å²) in [5.41, 5.74) is 2.10. The van der Waals surface area contributed by atoms with Gasteiger partial charge in [0.05, 0.1) is 17.3 Å². The fourth-order valence-electron chi connectivity index (χ4n) is 1.38. The first-order valence-electron chi connectivity index (χ1n) is 4.89. The van der Waals surface area contributed by atoms with Gasteiger partial charge in [-0.2, -0.15) is 0 Å². The zero-order valence-corrected chi connectivity index (χ0v) is 10.3. The van der Waals surface area contributed by atoms with Crippen LogP contribution < -0.4 is 5.32 Å². The zero-order valence-electron chi connectivity index (χ0n) is 8.75. The van der Waals surface area contributed by atoms with Crippen LogP contribution in [0.5, 0.6) is 0 Å². The van der Waals surface area contributed by atoms with Crippen molar-refractivity contribution in [2.75, 3.05) is 11.9 Å². The molecule has 2 nitrogen and oxygen atoms in total. The SMILES string of the molecule is Cc1ccc(NC2=NCC(C)S2)c(Cl)c1. The van der Waals surface area contributed by atoms with Gasteiger partial charge in [0.15, 0.2) is 5.17 Å². The molecule has 0 radical (unpaired) electrons. The molecule has 0 saturated heterocycles. The first kappa shape index (κ1) is 10.8. The standard InChI is InChI=1S/C11H13ClN2S/c1-7-3-4-10(9(12)5-7)14-11-13-6-8(2)15-11/h3-5,8H,6H2,1-2H3,(H,13,14). The molecule has 1 aromatic carbocycles. The van der Waals surface area contributed by atoms with Crippen molar-refractivity contribution in [3.8, 4) is 0 Å². The average Bonchev–Trinajstić information content (AvgIpc) is 2.56. The second kappa shape index (κ2) is 4.45. The third kappa shape index (κ3) is 2.67. The molecule has 0 fully saturated rings. The fraction of sp³-hybridized carbons (Fsp3) is 0.364. The fourth-order valence-corrected chi connectivity index (χ4v) is 2.51. The predicted molar refractivity (Wildman–Crippen MR) is 69.2 cm³/mol. The number of rotatable bonds is 1. The Hall–Kier alpha value is -0.670. The van der Waals surface area contributed by atoms with E-state index in [0.29, 0.717) is 5.25 Å². The summed E-state index contributed by atoms with van der Waals surface area (Å²) in [6.45, 7) is 5.08. The van der Waals surface area contributed by atoms with Crippen LogP contribution in [0.25, 0.3) is 0 Å². The van der Waals surface area contributed by atoms with Crippen LogP contribution in [0, 0.1) is 6.92 Å². The van der Waals surface area contributed by atoms with Crippen LogP contribution in [0.15, 0.2) is 23.2 Å². The van der Waals surface area contributed by atoms with Crippen molar-refractivity contribution in [1.82, 2.24) is 0 Å². The first-order chi connectivity index (χ1) is 7.15. The van der Waals surface area contributed by atoms with Gasteiger partial charge >= 0.3 is 0 Å². The van der Waals surface area contributed by atoms with E-state index in [2.05, 4.69) is 17.2 Å². The molecule has 1 aliphatic rings. The number of aryl methyl sites for hydroxylation is 1. The van der Waals surface area contributed by atoms with E-state index in [0.717, 1.165) is 22.4 Å². The van der Waals surface area contributed by atoms with E-state index < -0.39 is 0 Å². The minimum atomic E-state index is 0.566. The maximum absolute atomic E-state index is 6.12. The lowest BCUT2D eigenvalue weighted by molar-refractivity contribution is 0.976. The smallest absolute Gasteiger partial charge is 0.161 e. The Balaban J connectivity index is 2.11. The van der Waals surface area contributed by atoms with Crippen molar-refractivity contribution in [2.24, 2.45) is 4.99 Å². The topological polar surface area (TPSA) is 24.4 Å². The third-order valence-electron chi connectivity index (χ3n) is 2.17. The van der Waals surface area contributed by atoms with Gasteiger partial charge in [0, 0.05) is 5.25 Å². The van der Waals surface area contributed by atoms with Crippen LogP contribution in [0.2, 0.25) is 5.02 Å². The van der Waals surface area contributed by atoms with Crippen LogP contribution in [-0.2, 0) is 0 Å². The number of hydrogen-bond donors (Lipinski definition) is 1. The molecule has 4 heteroatoms. The second-order valence-electron chi connectivity index (χ2n) is 3.68. The zero-order chi connectivity index (χ0) is 10.8. The molecule has 0 bridgehead atoms. The van der Waals surface area contributed by atoms with E-state index in [4.69, 9.17) is 11.6 Å². The van der Waals surface area contributed by atoms with Crippen LogP contribution in [0.4, 0.5) is 5.69 Å². The number of halogens is 1. The van der Waals surface area contributed by atoms with Crippen LogP contribution in [0.1, 0.15) is 12.5 Å². The highest BCUT2D eigenvalue weighted by Crippen LogP contribution is 2.27. The van der Waals surface area contributed by atoms with E-state index in [1.54, 1.807) is 11.8 Å². The van der Waals surface area contributed by atoms with E-state index in [1.165, 1.54) is 5.56 Å². The molecular weight excluding hydrogens is 228 g/mol. The Morgan fingerprint density at radius 3 is 2.93 bits per heavy atom. The van der Waals surface area contributed by atoms with Gasteiger partial charge in [0.1, 0.15) is 0 Å². The molecule has 0 aromatic heterocycles. The Kier molecular flexibility index (Phi) is 3.22. The molecule has 80 valence electrons. The van der Waals surface area contributed by atoms with Gasteiger partial charge in [-0.25, -0.2) is 0 Å². The number of aliphatic imine (C=N–C) groups is 1. The minimum absolute atomic E-state index is 0.566. The number of nitrogens with one attached hydrogen (secondary N) is 1. The lowest BCUT2D eigenvalue weighted by Crippen LogP contribution is -2.06. The molecule has 1 heterocycles. The van der Waals surface area contributed by atoms with E-state index in [1.807, 2.05) is 25.1 Å². The first-order valence-corrected chi connectivity index (χ1v) is 6.15. The summed E-state index contributed by atoms with van der Waals surface area (Å²) in [6.07, 6.45) is 0. The molecule has 0 saturated carbocycles. The van der Waals surface area contributed by atoms with E-state index in [-0.39, 0.29) is 0 Å². The molecule has 0 aliphatic carbocycles. The summed E-state index contributed by atoms with van der Waals surface area (Å²) in [7, 11) is 0. The largest absolute Gasteiger partial charge is 0.334 e. The highest BCUT2D eigenvalue weighted by molar-refractivity contribution is 8.15. The summed E-state index contributed by atoms with van der Waals surface area (Å²) in [5.74, 6) is 0. The van der Waals surface area contributed by atoms with Crippen molar-refractivity contribution in [1.29, 1.82) is 0 Å². The minimum Gasteiger partial charge on any atom is -0.334 e. The van der Waals surface area contributed by atoms with Crippen LogP contribution in [-0.4, -0.2) is 17.0 Å². The number of hydrogen-bond acceptors (Lipinski definition) is 3. The highest BCUT2D eigenvalue weighted by Gasteiger charge is 2.15. The molecule has 1 unspecified atom stereocenters. The van der Waals surface area contributed by atoms with Gasteiger partial charge in [-0.1, -0.05) is 36.4 Å². The summed E-state index contributed by atoms with van der Waals surface area (Å²) >= 11 is 7.87. The number of amidine groups is 1. The molecule has 0 spiro atoms. The average molecular weight is 241 g/mol. The Labute approximate surface area is 99.1 Å². The normalized spacial score (nSPS) is 20.2. The lowest BCUT2D eigenvalue weighted by atomic mass is 10.2. The monoisotopic (exact) mass is 240 g/mol. The molecule has 15 heavy (non-hydrogen) atoms. The maximum atomic E-state index is 6.12. The number of thioether (sulfide) groups is 1. The van der Waals surface area contributed by atoms with Crippen molar-refractivity contribution in [3.63, 3.8) is 0 Å². The van der Waals surface area contributed by atoms with Gasteiger partial charge in [-0.05, 0) is 24.6 Å². The predicted octanol–water partition coefficient (Wildman–Crippen LogP) is 3.55. The summed E-state index contributed by atoms with van der Waals surface area (Å²) in [5, 5.41) is 5.53. The van der Waals surface area contributed by atoms with E-state index >= 15 is 0 Å². The van der Waals surface area contributed by atoms with Gasteiger partial charge in [0.2, 0.25) is 0 Å². The quantitative estimate of drug-likeness (QED) is 0.812. The maximum Gasteiger partial charge on any atom is 0.161 e. The molecule has 1 aromatic rings. The molecule has 1 aliphatic heterocycles. The van der Waals surface area contributed by atoms with Gasteiger partial charge in [0.25, 0.3) is 0 Å². The van der Waals surface area contributed by atoms with Crippen molar-refractivity contribution in [2.45, 2.75) is 19.1 Å². The molecule has 1 N–H and O–H groups in total. The van der Waals surface area contributed by atoms with Gasteiger partial charge in [-0.15, -0.1) is 0 Å². The second-order valence-corrected chi connectivity index (χ2v) is 5.52. The molecule has 2 rings (SSSR count). The molecular formula is C11H13ClN2S. The van der Waals surface area contributed by atoms with Gasteiger partial charge < -0.3 is 5.32 Å².